The average molecular weight is 281 g/mol. The summed E-state index contributed by atoms with van der Waals surface area (Å²) < 4.78 is 1.95. The maximum absolute atomic E-state index is 12.0. The molecule has 0 spiro atoms. The van der Waals surface area contributed by atoms with Crippen LogP contribution in [0.2, 0.25) is 0 Å². The van der Waals surface area contributed by atoms with Crippen LogP contribution in [-0.4, -0.2) is 32.5 Å². The SMILES string of the molecule is CCC(C)(CO)NC(=O)Cc1csc2nc(C)cn12. The third-order valence-corrected chi connectivity index (χ3v) is 4.20. The van der Waals surface area contributed by atoms with E-state index >= 15 is 0 Å². The molecular formula is C13H19N3O2S. The van der Waals surface area contributed by atoms with E-state index in [0.29, 0.717) is 12.8 Å². The van der Waals surface area contributed by atoms with Crippen molar-refractivity contribution in [2.24, 2.45) is 0 Å². The number of thiazole rings is 1. The molecule has 2 heterocycles. The zero-order chi connectivity index (χ0) is 14.0. The van der Waals surface area contributed by atoms with Gasteiger partial charge in [-0.05, 0) is 20.3 Å². The average Bonchev–Trinajstić information content (AvgIpc) is 2.90. The summed E-state index contributed by atoms with van der Waals surface area (Å²) in [6.07, 6.45) is 2.92. The van der Waals surface area contributed by atoms with Crippen molar-refractivity contribution in [1.82, 2.24) is 14.7 Å². The van der Waals surface area contributed by atoms with Gasteiger partial charge in [-0.15, -0.1) is 11.3 Å². The van der Waals surface area contributed by atoms with Crippen LogP contribution in [0.3, 0.4) is 0 Å². The topological polar surface area (TPSA) is 66.6 Å². The number of carbonyl (C=O) groups excluding carboxylic acids is 1. The molecule has 2 aromatic heterocycles. The van der Waals surface area contributed by atoms with Gasteiger partial charge in [-0.1, -0.05) is 6.92 Å². The molecule has 6 heteroatoms. The van der Waals surface area contributed by atoms with Crippen molar-refractivity contribution in [2.45, 2.75) is 39.2 Å². The van der Waals surface area contributed by atoms with E-state index in [1.165, 1.54) is 11.3 Å². The number of fused-ring (bicyclic) bond motifs is 1. The van der Waals surface area contributed by atoms with Gasteiger partial charge in [0.1, 0.15) is 0 Å². The lowest BCUT2D eigenvalue weighted by molar-refractivity contribution is -0.122. The Balaban J connectivity index is 2.10. The van der Waals surface area contributed by atoms with Crippen LogP contribution >= 0.6 is 11.3 Å². The Bertz CT molecular complexity index is 584. The summed E-state index contributed by atoms with van der Waals surface area (Å²) in [7, 11) is 0. The minimum absolute atomic E-state index is 0.0571. The number of hydrogen-bond acceptors (Lipinski definition) is 4. The van der Waals surface area contributed by atoms with Crippen LogP contribution in [0.1, 0.15) is 31.7 Å². The number of rotatable bonds is 5. The standard InChI is InChI=1S/C13H19N3O2S/c1-4-13(3,8-17)15-11(18)5-10-7-19-12-14-9(2)6-16(10)12/h6-7,17H,4-5,8H2,1-3H3,(H,15,18). The molecule has 0 saturated carbocycles. The fourth-order valence-electron chi connectivity index (χ4n) is 1.85. The summed E-state index contributed by atoms with van der Waals surface area (Å²) in [5, 5.41) is 14.1. The van der Waals surface area contributed by atoms with Gasteiger partial charge in [-0.25, -0.2) is 4.98 Å². The Morgan fingerprint density at radius 2 is 2.37 bits per heavy atom. The van der Waals surface area contributed by atoms with E-state index in [1.807, 2.05) is 36.7 Å². The van der Waals surface area contributed by atoms with Crippen LogP contribution in [0.4, 0.5) is 0 Å². The Hall–Kier alpha value is -1.40. The van der Waals surface area contributed by atoms with Crippen molar-refractivity contribution in [1.29, 1.82) is 0 Å². The summed E-state index contributed by atoms with van der Waals surface area (Å²) in [5.41, 5.74) is 1.33. The molecule has 1 atom stereocenters. The molecule has 0 aliphatic rings. The quantitative estimate of drug-likeness (QED) is 0.873. The molecule has 2 aromatic rings. The normalized spacial score (nSPS) is 14.5. The lowest BCUT2D eigenvalue weighted by atomic mass is 10.00. The molecule has 0 radical (unpaired) electrons. The van der Waals surface area contributed by atoms with E-state index in [0.717, 1.165) is 16.3 Å². The number of aliphatic hydroxyl groups excluding tert-OH is 1. The minimum atomic E-state index is -0.545. The number of nitrogens with zero attached hydrogens (tertiary/aromatic N) is 2. The number of aliphatic hydroxyl groups is 1. The van der Waals surface area contributed by atoms with Gasteiger partial charge in [-0.3, -0.25) is 9.20 Å². The molecule has 19 heavy (non-hydrogen) atoms. The van der Waals surface area contributed by atoms with Crippen molar-refractivity contribution in [3.05, 3.63) is 23.0 Å². The second kappa shape index (κ2) is 5.30. The first-order valence-electron chi connectivity index (χ1n) is 6.31. The Kier molecular flexibility index (Phi) is 3.91. The van der Waals surface area contributed by atoms with E-state index in [4.69, 9.17) is 0 Å². The van der Waals surface area contributed by atoms with Gasteiger partial charge in [0.05, 0.1) is 24.3 Å². The third-order valence-electron chi connectivity index (χ3n) is 3.32. The number of aryl methyl sites for hydroxylation is 1. The molecule has 0 aliphatic heterocycles. The van der Waals surface area contributed by atoms with E-state index < -0.39 is 5.54 Å². The molecule has 0 saturated heterocycles. The van der Waals surface area contributed by atoms with Crippen molar-refractivity contribution in [3.8, 4) is 0 Å². The summed E-state index contributed by atoms with van der Waals surface area (Å²) >= 11 is 1.53. The third kappa shape index (κ3) is 2.96. The first-order valence-corrected chi connectivity index (χ1v) is 7.19. The number of aromatic nitrogens is 2. The maximum Gasteiger partial charge on any atom is 0.226 e. The largest absolute Gasteiger partial charge is 0.394 e. The molecule has 0 aliphatic carbocycles. The molecule has 1 amide bonds. The zero-order valence-electron chi connectivity index (χ0n) is 11.4. The van der Waals surface area contributed by atoms with Crippen molar-refractivity contribution in [2.75, 3.05) is 6.61 Å². The number of hydrogen-bond donors (Lipinski definition) is 2. The Labute approximate surface area is 116 Å². The molecule has 0 bridgehead atoms. The van der Waals surface area contributed by atoms with Gasteiger partial charge >= 0.3 is 0 Å². The number of nitrogens with one attached hydrogen (secondary N) is 1. The molecule has 0 aromatic carbocycles. The predicted molar refractivity (Wildman–Crippen MR) is 75.4 cm³/mol. The van der Waals surface area contributed by atoms with Gasteiger partial charge in [-0.2, -0.15) is 0 Å². The van der Waals surface area contributed by atoms with E-state index in [-0.39, 0.29) is 12.5 Å². The lowest BCUT2D eigenvalue weighted by Crippen LogP contribution is -2.49. The summed E-state index contributed by atoms with van der Waals surface area (Å²) in [6.45, 7) is 5.66. The van der Waals surface area contributed by atoms with Crippen LogP contribution in [0.5, 0.6) is 0 Å². The van der Waals surface area contributed by atoms with Gasteiger partial charge in [0.2, 0.25) is 5.91 Å². The van der Waals surface area contributed by atoms with Crippen LogP contribution in [0.15, 0.2) is 11.6 Å². The summed E-state index contributed by atoms with van der Waals surface area (Å²) in [4.78, 5) is 17.3. The highest BCUT2D eigenvalue weighted by Crippen LogP contribution is 2.17. The molecular weight excluding hydrogens is 262 g/mol. The number of imidazole rings is 1. The van der Waals surface area contributed by atoms with Crippen LogP contribution in [0, 0.1) is 6.92 Å². The fourth-order valence-corrected chi connectivity index (χ4v) is 2.77. The first kappa shape index (κ1) is 14.0. The fraction of sp³-hybridized carbons (Fsp3) is 0.538. The number of carbonyl (C=O) groups is 1. The second-order valence-corrected chi connectivity index (χ2v) is 5.90. The first-order chi connectivity index (χ1) is 8.97. The maximum atomic E-state index is 12.0. The van der Waals surface area contributed by atoms with Gasteiger partial charge in [0, 0.05) is 17.3 Å². The van der Waals surface area contributed by atoms with Gasteiger partial charge in [0.25, 0.3) is 0 Å². The molecule has 104 valence electrons. The zero-order valence-corrected chi connectivity index (χ0v) is 12.3. The predicted octanol–water partition coefficient (Wildman–Crippen LogP) is 1.52. The Morgan fingerprint density at radius 3 is 3.00 bits per heavy atom. The highest BCUT2D eigenvalue weighted by atomic mass is 32.1. The van der Waals surface area contributed by atoms with Gasteiger partial charge < -0.3 is 10.4 Å². The molecule has 5 nitrogen and oxygen atoms in total. The highest BCUT2D eigenvalue weighted by Gasteiger charge is 2.23. The monoisotopic (exact) mass is 281 g/mol. The lowest BCUT2D eigenvalue weighted by Gasteiger charge is -2.27. The van der Waals surface area contributed by atoms with Crippen LogP contribution < -0.4 is 5.32 Å². The number of amides is 1. The Morgan fingerprint density at radius 1 is 1.63 bits per heavy atom. The summed E-state index contributed by atoms with van der Waals surface area (Å²) in [6, 6.07) is 0. The molecule has 0 fully saturated rings. The smallest absolute Gasteiger partial charge is 0.226 e. The van der Waals surface area contributed by atoms with Crippen molar-refractivity contribution < 1.29 is 9.90 Å². The molecule has 1 unspecified atom stereocenters. The minimum Gasteiger partial charge on any atom is -0.394 e. The molecule has 2 N–H and O–H groups in total. The van der Waals surface area contributed by atoms with Crippen LogP contribution in [0.25, 0.3) is 4.96 Å². The highest BCUT2D eigenvalue weighted by molar-refractivity contribution is 7.15. The van der Waals surface area contributed by atoms with Crippen molar-refractivity contribution >= 4 is 22.2 Å². The van der Waals surface area contributed by atoms with E-state index in [1.54, 1.807) is 0 Å². The second-order valence-electron chi connectivity index (χ2n) is 5.06. The summed E-state index contributed by atoms with van der Waals surface area (Å²) in [5.74, 6) is -0.0792. The van der Waals surface area contributed by atoms with Gasteiger partial charge in [0.15, 0.2) is 4.96 Å². The van der Waals surface area contributed by atoms with E-state index in [9.17, 15) is 9.90 Å². The van der Waals surface area contributed by atoms with Crippen LogP contribution in [-0.2, 0) is 11.2 Å². The van der Waals surface area contributed by atoms with Crippen molar-refractivity contribution in [3.63, 3.8) is 0 Å². The van der Waals surface area contributed by atoms with E-state index in [2.05, 4.69) is 10.3 Å². The molecule has 2 rings (SSSR count).